The zero-order valence-corrected chi connectivity index (χ0v) is 31.2. The summed E-state index contributed by atoms with van der Waals surface area (Å²) in [6.45, 7) is 2.13. The van der Waals surface area contributed by atoms with E-state index in [4.69, 9.17) is 24.6 Å². The lowest BCUT2D eigenvalue weighted by Gasteiger charge is -2.30. The van der Waals surface area contributed by atoms with Gasteiger partial charge in [-0.05, 0) is 6.92 Å². The quantitative estimate of drug-likeness (QED) is 0.0459. The Labute approximate surface area is 299 Å². The summed E-state index contributed by atoms with van der Waals surface area (Å²) in [4.78, 5) is 75.2. The molecule has 7 atom stereocenters. The first-order chi connectivity index (χ1) is 24.0. The maximum atomic E-state index is 12.6. The van der Waals surface area contributed by atoms with Gasteiger partial charge in [0.25, 0.3) is 0 Å². The van der Waals surface area contributed by atoms with Gasteiger partial charge < -0.3 is 56.0 Å². The third kappa shape index (κ3) is 13.1. The van der Waals surface area contributed by atoms with E-state index in [9.17, 15) is 53.1 Å². The molecule has 3 heterocycles. The number of amides is 2. The number of hydrogen-bond acceptors (Lipinski definition) is 18. The molecule has 0 bridgehead atoms. The molecule has 2 unspecified atom stereocenters. The Hall–Kier alpha value is -2.57. The van der Waals surface area contributed by atoms with Gasteiger partial charge in [0.05, 0.1) is 25.3 Å². The Morgan fingerprint density at radius 3 is 2.44 bits per heavy atom. The topological polar surface area (TPSA) is 367 Å². The minimum absolute atomic E-state index is 0.0326. The Kier molecular flexibility index (Phi) is 15.3. The number of phosphoric ester groups is 3. The molecule has 0 aromatic carbocycles. The highest BCUT2D eigenvalue weighted by atomic mass is 32.2. The van der Waals surface area contributed by atoms with Crippen molar-refractivity contribution in [3.63, 3.8) is 0 Å². The number of aliphatic hydroxyl groups is 3. The number of aliphatic hydroxyl groups excluding tert-OH is 3. The number of phosphoric acid groups is 3. The summed E-state index contributed by atoms with van der Waals surface area (Å²) in [5.74, 6) is -0.783. The number of hydrogen-bond donors (Lipinski definition) is 10. The molecule has 0 aliphatic carbocycles. The smallest absolute Gasteiger partial charge is 0.481 e. The molecule has 2 aromatic heterocycles. The van der Waals surface area contributed by atoms with E-state index in [-0.39, 0.29) is 35.7 Å². The number of nitrogen functional groups attached to an aromatic ring is 1. The van der Waals surface area contributed by atoms with Crippen molar-refractivity contribution in [2.75, 3.05) is 37.8 Å². The van der Waals surface area contributed by atoms with E-state index in [0.717, 1.165) is 17.2 Å². The third-order valence-electron chi connectivity index (χ3n) is 6.87. The monoisotopic (exact) mass is 823 g/mol. The minimum atomic E-state index is -5.56. The van der Waals surface area contributed by atoms with Crippen LogP contribution in [0.4, 0.5) is 5.82 Å². The molecular weight excluding hydrogens is 783 g/mol. The normalized spacial score (nSPS) is 22.8. The van der Waals surface area contributed by atoms with Crippen molar-refractivity contribution in [3.05, 3.63) is 23.8 Å². The van der Waals surface area contributed by atoms with Crippen LogP contribution in [-0.4, -0.2) is 123 Å². The van der Waals surface area contributed by atoms with Crippen molar-refractivity contribution in [1.82, 2.24) is 30.2 Å². The fourth-order valence-electron chi connectivity index (χ4n) is 4.37. The first kappa shape index (κ1) is 43.8. The van der Waals surface area contributed by atoms with Crippen LogP contribution in [0.1, 0.15) is 33.4 Å². The summed E-state index contributed by atoms with van der Waals surface area (Å²) in [7, 11) is -16.4. The number of rotatable bonds is 20. The molecule has 1 fully saturated rings. The van der Waals surface area contributed by atoms with Crippen molar-refractivity contribution in [2.45, 2.75) is 57.8 Å². The van der Waals surface area contributed by atoms with E-state index in [1.807, 2.05) is 0 Å². The lowest BCUT2D eigenvalue weighted by atomic mass is 9.87. The molecule has 24 nitrogen and oxygen atoms in total. The standard InChI is InChI=1S/C24H40N7O17P3S/c1-13(32)9-52-7-6-26-15(33)4-5-27-22(36)19(35)24(2,3)10-45-51(42,43)48-50(40,41)44-8-14-18(47-49(37,38)39)17(34)23(46-14)31-12-30-16-20(25)28-11-29-21(16)31/h9,11-12,14,17-19,23,32,34-35H,4-8,10H2,1-3H3,(H,26,33)(H,27,36)(H,40,41)(H,42,43)(H2,25,28,29)(H2,37,38,39)/b13-9+/t14-,17-,18-,19+,23-/m1/s1. The highest BCUT2D eigenvalue weighted by Gasteiger charge is 2.50. The zero-order valence-electron chi connectivity index (χ0n) is 27.7. The minimum Gasteiger partial charge on any atom is -0.512 e. The van der Waals surface area contributed by atoms with Gasteiger partial charge in [0, 0.05) is 36.1 Å². The summed E-state index contributed by atoms with van der Waals surface area (Å²) in [6, 6.07) is 0. The van der Waals surface area contributed by atoms with Crippen LogP contribution in [0, 0.1) is 5.41 Å². The van der Waals surface area contributed by atoms with Crippen molar-refractivity contribution < 1.29 is 80.8 Å². The molecule has 0 saturated carbocycles. The molecule has 1 aliphatic rings. The number of anilines is 1. The van der Waals surface area contributed by atoms with Gasteiger partial charge in [-0.1, -0.05) is 13.8 Å². The fourth-order valence-corrected chi connectivity index (χ4v) is 7.78. The molecule has 0 spiro atoms. The molecule has 3 rings (SSSR count). The number of nitrogens with one attached hydrogen (secondary N) is 2. The fraction of sp³-hybridized carbons (Fsp3) is 0.625. The summed E-state index contributed by atoms with van der Waals surface area (Å²) >= 11 is 1.28. The second kappa shape index (κ2) is 18.2. The van der Waals surface area contributed by atoms with Crippen LogP contribution < -0.4 is 16.4 Å². The van der Waals surface area contributed by atoms with E-state index in [0.29, 0.717) is 12.3 Å². The SMILES string of the molecule is C/C(O)=C\SCCNC(=O)CCNC(=O)[C@H](O)C(C)(C)COP(=O)(O)OP(=O)(O)OC[C@H]1O[C@@H](n2cnc3c(N)ncnc32)[C@H](O)[C@@H]1OP(=O)(O)O. The Morgan fingerprint density at radius 1 is 1.12 bits per heavy atom. The van der Waals surface area contributed by atoms with Crippen LogP contribution in [-0.2, 0) is 45.9 Å². The van der Waals surface area contributed by atoms with Gasteiger partial charge >= 0.3 is 23.5 Å². The zero-order chi connectivity index (χ0) is 39.1. The summed E-state index contributed by atoms with van der Waals surface area (Å²) in [5.41, 5.74) is 4.27. The number of ether oxygens (including phenoxy) is 1. The van der Waals surface area contributed by atoms with Crippen LogP contribution >= 0.6 is 35.2 Å². The molecule has 294 valence electrons. The van der Waals surface area contributed by atoms with Crippen molar-refractivity contribution in [2.24, 2.45) is 5.41 Å². The predicted octanol–water partition coefficient (Wildman–Crippen LogP) is -0.443. The number of carbonyl (C=O) groups excluding carboxylic acids is 2. The average Bonchev–Trinajstić information content (AvgIpc) is 3.58. The van der Waals surface area contributed by atoms with E-state index in [2.05, 4.69) is 34.4 Å². The van der Waals surface area contributed by atoms with Crippen molar-refractivity contribution in [3.8, 4) is 0 Å². The second-order valence-electron chi connectivity index (χ2n) is 11.7. The maximum Gasteiger partial charge on any atom is 0.481 e. The van der Waals surface area contributed by atoms with Crippen LogP contribution in [0.2, 0.25) is 0 Å². The molecule has 2 aromatic rings. The lowest BCUT2D eigenvalue weighted by Crippen LogP contribution is -2.46. The van der Waals surface area contributed by atoms with Gasteiger partial charge in [-0.3, -0.25) is 27.7 Å². The number of fused-ring (bicyclic) bond motifs is 1. The van der Waals surface area contributed by atoms with E-state index < -0.39 is 84.6 Å². The number of thioether (sulfide) groups is 1. The predicted molar refractivity (Wildman–Crippen MR) is 178 cm³/mol. The lowest BCUT2D eigenvalue weighted by molar-refractivity contribution is -0.137. The molecule has 2 amide bonds. The summed E-state index contributed by atoms with van der Waals surface area (Å²) < 4.78 is 61.9. The number of nitrogens with two attached hydrogens (primary N) is 1. The Morgan fingerprint density at radius 2 is 1.79 bits per heavy atom. The van der Waals surface area contributed by atoms with E-state index in [1.165, 1.54) is 37.9 Å². The third-order valence-corrected chi connectivity index (χ3v) is 10.9. The number of carbonyl (C=O) groups is 2. The Bertz CT molecular complexity index is 1740. The van der Waals surface area contributed by atoms with Gasteiger partial charge in [-0.15, -0.1) is 11.8 Å². The molecule has 1 aliphatic heterocycles. The maximum absolute atomic E-state index is 12.6. The van der Waals surface area contributed by atoms with Crippen LogP contribution in [0.5, 0.6) is 0 Å². The number of allylic oxidation sites excluding steroid dienone is 1. The summed E-state index contributed by atoms with van der Waals surface area (Å²) in [5, 5.41) is 36.9. The molecule has 28 heteroatoms. The number of aromatic nitrogens is 4. The van der Waals surface area contributed by atoms with Gasteiger partial charge in [0.15, 0.2) is 17.7 Å². The molecule has 1 saturated heterocycles. The van der Waals surface area contributed by atoms with Crippen LogP contribution in [0.15, 0.2) is 23.8 Å². The van der Waals surface area contributed by atoms with Gasteiger partial charge in [-0.2, -0.15) is 4.31 Å². The van der Waals surface area contributed by atoms with Crippen LogP contribution in [0.25, 0.3) is 11.2 Å². The second-order valence-corrected chi connectivity index (χ2v) is 16.9. The van der Waals surface area contributed by atoms with E-state index in [1.54, 1.807) is 0 Å². The Balaban J connectivity index is 1.54. The molecule has 0 radical (unpaired) electrons. The average molecular weight is 824 g/mol. The first-order valence-corrected chi connectivity index (χ1v) is 20.5. The van der Waals surface area contributed by atoms with E-state index >= 15 is 0 Å². The van der Waals surface area contributed by atoms with Gasteiger partial charge in [-0.25, -0.2) is 28.6 Å². The van der Waals surface area contributed by atoms with Crippen molar-refractivity contribution in [1.29, 1.82) is 0 Å². The van der Waals surface area contributed by atoms with Crippen molar-refractivity contribution >= 4 is 64.0 Å². The number of nitrogens with zero attached hydrogens (tertiary/aromatic N) is 4. The highest BCUT2D eigenvalue weighted by molar-refractivity contribution is 8.02. The van der Waals surface area contributed by atoms with Crippen LogP contribution in [0.3, 0.4) is 0 Å². The first-order valence-electron chi connectivity index (χ1n) is 14.9. The summed E-state index contributed by atoms with van der Waals surface area (Å²) in [6.07, 6.45) is -6.84. The molecule has 52 heavy (non-hydrogen) atoms. The van der Waals surface area contributed by atoms with Gasteiger partial charge in [0.2, 0.25) is 11.8 Å². The molecule has 11 N–H and O–H groups in total. The largest absolute Gasteiger partial charge is 0.512 e. The highest BCUT2D eigenvalue weighted by Crippen LogP contribution is 2.61. The van der Waals surface area contributed by atoms with Gasteiger partial charge in [0.1, 0.15) is 36.3 Å². The number of imidazole rings is 1. The molecular formula is C24H40N7O17P3S.